The third-order valence-corrected chi connectivity index (χ3v) is 2.91. The molecule has 3 heterocycles. The van der Waals surface area contributed by atoms with Crippen molar-refractivity contribution in [1.29, 1.82) is 5.26 Å². The summed E-state index contributed by atoms with van der Waals surface area (Å²) in [7, 11) is 0. The summed E-state index contributed by atoms with van der Waals surface area (Å²) >= 11 is 0. The quantitative estimate of drug-likeness (QED) is 0.702. The van der Waals surface area contributed by atoms with Gasteiger partial charge in [-0.1, -0.05) is 0 Å². The molecule has 0 unspecified atom stereocenters. The summed E-state index contributed by atoms with van der Waals surface area (Å²) in [5.74, 6) is 0. The molecule has 0 radical (unpaired) electrons. The zero-order valence-electron chi connectivity index (χ0n) is 9.42. The van der Waals surface area contributed by atoms with Crippen LogP contribution < -0.4 is 5.43 Å². The number of nitriles is 1. The van der Waals surface area contributed by atoms with Crippen molar-refractivity contribution >= 4 is 5.52 Å². The highest BCUT2D eigenvalue weighted by molar-refractivity contribution is 5.84. The number of hydrogen-bond donors (Lipinski definition) is 1. The van der Waals surface area contributed by atoms with Crippen molar-refractivity contribution in [3.05, 3.63) is 64.8 Å². The predicted octanol–water partition coefficient (Wildman–Crippen LogP) is 2.17. The number of H-pyrrole nitrogens is 1. The second-order valence-electron chi connectivity index (χ2n) is 3.94. The van der Waals surface area contributed by atoms with Gasteiger partial charge in [0, 0.05) is 42.0 Å². The molecule has 0 aromatic carbocycles. The normalized spacial score (nSPS) is 10.4. The Balaban J connectivity index is 2.42. The maximum absolute atomic E-state index is 11.8. The van der Waals surface area contributed by atoms with Crippen LogP contribution in [0.2, 0.25) is 0 Å². The lowest BCUT2D eigenvalue weighted by atomic mass is 10.1. The zero-order chi connectivity index (χ0) is 12.5. The van der Waals surface area contributed by atoms with E-state index in [1.54, 1.807) is 18.5 Å². The Bertz CT molecular complexity index is 821. The van der Waals surface area contributed by atoms with Gasteiger partial charge in [0.15, 0.2) is 5.43 Å². The van der Waals surface area contributed by atoms with Gasteiger partial charge in [-0.2, -0.15) is 5.26 Å². The minimum absolute atomic E-state index is 0.0606. The van der Waals surface area contributed by atoms with Crippen LogP contribution in [0.4, 0.5) is 0 Å². The first-order chi connectivity index (χ1) is 8.81. The Morgan fingerprint density at radius 2 is 2.06 bits per heavy atom. The lowest BCUT2D eigenvalue weighted by Crippen LogP contribution is -2.02. The van der Waals surface area contributed by atoms with E-state index >= 15 is 0 Å². The fourth-order valence-electron chi connectivity index (χ4n) is 2.10. The van der Waals surface area contributed by atoms with Gasteiger partial charge in [0.05, 0.1) is 11.1 Å². The minimum atomic E-state index is -0.0606. The lowest BCUT2D eigenvalue weighted by Gasteiger charge is -2.01. The van der Waals surface area contributed by atoms with Crippen LogP contribution in [-0.2, 0) is 0 Å². The second kappa shape index (κ2) is 3.90. The van der Waals surface area contributed by atoms with Crippen LogP contribution in [0.3, 0.4) is 0 Å². The SMILES string of the molecule is N#Cc1cccn2ccc(-c3c[nH]ccc3=O)c12. The Hall–Kier alpha value is -2.80. The summed E-state index contributed by atoms with van der Waals surface area (Å²) < 4.78 is 1.85. The molecule has 0 atom stereocenters. The largest absolute Gasteiger partial charge is 0.367 e. The van der Waals surface area contributed by atoms with Crippen LogP contribution in [0, 0.1) is 11.3 Å². The van der Waals surface area contributed by atoms with Crippen molar-refractivity contribution in [3.8, 4) is 17.2 Å². The summed E-state index contributed by atoms with van der Waals surface area (Å²) in [5, 5.41) is 9.15. The molecule has 0 fully saturated rings. The standard InChI is InChI=1S/C14H9N3O/c15-8-10-2-1-6-17-7-4-11(14(10)17)12-9-16-5-3-13(12)18/h1-7,9H,(H,16,18). The Kier molecular flexibility index (Phi) is 2.24. The summed E-state index contributed by atoms with van der Waals surface area (Å²) in [4.78, 5) is 14.7. The molecule has 4 heteroatoms. The van der Waals surface area contributed by atoms with E-state index in [1.807, 2.05) is 28.9 Å². The summed E-state index contributed by atoms with van der Waals surface area (Å²) in [6.45, 7) is 0. The molecule has 3 rings (SSSR count). The maximum Gasteiger partial charge on any atom is 0.189 e. The molecule has 0 aliphatic carbocycles. The third kappa shape index (κ3) is 1.42. The van der Waals surface area contributed by atoms with Gasteiger partial charge in [-0.25, -0.2) is 0 Å². The molecule has 4 nitrogen and oxygen atoms in total. The van der Waals surface area contributed by atoms with Crippen LogP contribution >= 0.6 is 0 Å². The smallest absolute Gasteiger partial charge is 0.189 e. The molecule has 0 saturated carbocycles. The van der Waals surface area contributed by atoms with E-state index in [2.05, 4.69) is 11.1 Å². The van der Waals surface area contributed by atoms with Gasteiger partial charge in [-0.3, -0.25) is 4.79 Å². The summed E-state index contributed by atoms with van der Waals surface area (Å²) in [5.41, 5.74) is 2.60. The van der Waals surface area contributed by atoms with E-state index in [0.29, 0.717) is 11.1 Å². The predicted molar refractivity (Wildman–Crippen MR) is 68.2 cm³/mol. The molecular weight excluding hydrogens is 226 g/mol. The fourth-order valence-corrected chi connectivity index (χ4v) is 2.10. The summed E-state index contributed by atoms with van der Waals surface area (Å²) in [6.07, 6.45) is 6.95. The Morgan fingerprint density at radius 1 is 1.17 bits per heavy atom. The molecule has 0 amide bonds. The highest BCUT2D eigenvalue weighted by atomic mass is 16.1. The lowest BCUT2D eigenvalue weighted by molar-refractivity contribution is 1.19. The number of fused-ring (bicyclic) bond motifs is 1. The van der Waals surface area contributed by atoms with Gasteiger partial charge in [-0.15, -0.1) is 0 Å². The van der Waals surface area contributed by atoms with Crippen LogP contribution in [0.1, 0.15) is 5.56 Å². The Labute approximate surface area is 103 Å². The third-order valence-electron chi connectivity index (χ3n) is 2.91. The minimum Gasteiger partial charge on any atom is -0.367 e. The van der Waals surface area contributed by atoms with Crippen LogP contribution in [0.25, 0.3) is 16.6 Å². The van der Waals surface area contributed by atoms with Crippen molar-refractivity contribution in [3.63, 3.8) is 0 Å². The van der Waals surface area contributed by atoms with Gasteiger partial charge in [-0.05, 0) is 18.2 Å². The first kappa shape index (κ1) is 10.4. The van der Waals surface area contributed by atoms with Crippen LogP contribution in [0.15, 0.2) is 53.8 Å². The number of nitrogens with one attached hydrogen (secondary N) is 1. The molecule has 0 saturated heterocycles. The number of pyridine rings is 2. The van der Waals surface area contributed by atoms with Crippen molar-refractivity contribution in [2.24, 2.45) is 0 Å². The first-order valence-electron chi connectivity index (χ1n) is 5.48. The van der Waals surface area contributed by atoms with Gasteiger partial charge < -0.3 is 9.38 Å². The molecule has 18 heavy (non-hydrogen) atoms. The van der Waals surface area contributed by atoms with Crippen molar-refractivity contribution in [2.75, 3.05) is 0 Å². The molecule has 3 aromatic heterocycles. The van der Waals surface area contributed by atoms with Crippen molar-refractivity contribution < 1.29 is 0 Å². The van der Waals surface area contributed by atoms with E-state index in [4.69, 9.17) is 5.26 Å². The van der Waals surface area contributed by atoms with E-state index in [0.717, 1.165) is 11.1 Å². The monoisotopic (exact) mass is 235 g/mol. The van der Waals surface area contributed by atoms with Crippen molar-refractivity contribution in [1.82, 2.24) is 9.38 Å². The second-order valence-corrected chi connectivity index (χ2v) is 3.94. The molecule has 0 spiro atoms. The molecule has 0 bridgehead atoms. The first-order valence-corrected chi connectivity index (χ1v) is 5.48. The highest BCUT2D eigenvalue weighted by Crippen LogP contribution is 2.25. The number of rotatable bonds is 1. The van der Waals surface area contributed by atoms with Gasteiger partial charge in [0.1, 0.15) is 6.07 Å². The average molecular weight is 235 g/mol. The van der Waals surface area contributed by atoms with E-state index in [-0.39, 0.29) is 5.43 Å². The number of hydrogen-bond acceptors (Lipinski definition) is 2. The molecule has 0 aliphatic rings. The number of aromatic amines is 1. The Morgan fingerprint density at radius 3 is 2.83 bits per heavy atom. The fraction of sp³-hybridized carbons (Fsp3) is 0. The van der Waals surface area contributed by atoms with Gasteiger partial charge in [0.2, 0.25) is 0 Å². The molecule has 0 aliphatic heterocycles. The van der Waals surface area contributed by atoms with Crippen LogP contribution in [0.5, 0.6) is 0 Å². The topological polar surface area (TPSA) is 61.1 Å². The summed E-state index contributed by atoms with van der Waals surface area (Å²) in [6, 6.07) is 9.04. The van der Waals surface area contributed by atoms with Gasteiger partial charge >= 0.3 is 0 Å². The van der Waals surface area contributed by atoms with E-state index in [1.165, 1.54) is 6.07 Å². The zero-order valence-corrected chi connectivity index (χ0v) is 9.42. The van der Waals surface area contributed by atoms with E-state index < -0.39 is 0 Å². The van der Waals surface area contributed by atoms with Crippen LogP contribution in [-0.4, -0.2) is 9.38 Å². The van der Waals surface area contributed by atoms with Crippen molar-refractivity contribution in [2.45, 2.75) is 0 Å². The number of nitrogens with zero attached hydrogens (tertiary/aromatic N) is 2. The number of aromatic nitrogens is 2. The molecule has 1 N–H and O–H groups in total. The van der Waals surface area contributed by atoms with E-state index in [9.17, 15) is 4.79 Å². The molecular formula is C14H9N3O. The molecule has 86 valence electrons. The molecule has 3 aromatic rings. The van der Waals surface area contributed by atoms with Gasteiger partial charge in [0.25, 0.3) is 0 Å². The average Bonchev–Trinajstić information content (AvgIpc) is 2.83. The maximum atomic E-state index is 11.8. The highest BCUT2D eigenvalue weighted by Gasteiger charge is 2.11.